The Morgan fingerprint density at radius 2 is 2.28 bits per heavy atom. The molecule has 0 saturated heterocycles. The van der Waals surface area contributed by atoms with E-state index in [1.54, 1.807) is 0 Å². The van der Waals surface area contributed by atoms with E-state index >= 15 is 0 Å². The molecule has 18 heavy (non-hydrogen) atoms. The van der Waals surface area contributed by atoms with Gasteiger partial charge in [-0.25, -0.2) is 0 Å². The van der Waals surface area contributed by atoms with Crippen molar-refractivity contribution < 1.29 is 9.53 Å². The molecule has 0 bridgehead atoms. The molecular weight excluding hydrogens is 230 g/mol. The summed E-state index contributed by atoms with van der Waals surface area (Å²) in [5.74, 6) is -0.117. The van der Waals surface area contributed by atoms with E-state index in [9.17, 15) is 4.79 Å². The first kappa shape index (κ1) is 14.7. The lowest BCUT2D eigenvalue weighted by molar-refractivity contribution is -0.143. The highest BCUT2D eigenvalue weighted by Crippen LogP contribution is 2.03. The fourth-order valence-electron chi connectivity index (χ4n) is 1.72. The van der Waals surface area contributed by atoms with Gasteiger partial charge in [0.05, 0.1) is 18.0 Å². The fourth-order valence-corrected chi connectivity index (χ4v) is 1.72. The molecule has 0 atom stereocenters. The van der Waals surface area contributed by atoms with Gasteiger partial charge in [-0.15, -0.1) is 0 Å². The Labute approximate surface area is 109 Å². The summed E-state index contributed by atoms with van der Waals surface area (Å²) in [6.45, 7) is 5.97. The molecular formula is C13H23N3O2. The van der Waals surface area contributed by atoms with Crippen molar-refractivity contribution in [3.63, 3.8) is 0 Å². The Balaban J connectivity index is 2.17. The molecule has 0 saturated carbocycles. The predicted molar refractivity (Wildman–Crippen MR) is 70.2 cm³/mol. The van der Waals surface area contributed by atoms with Crippen LogP contribution in [0.3, 0.4) is 0 Å². The van der Waals surface area contributed by atoms with Gasteiger partial charge in [0.25, 0.3) is 0 Å². The molecule has 5 nitrogen and oxygen atoms in total. The van der Waals surface area contributed by atoms with Crippen LogP contribution in [0.5, 0.6) is 0 Å². The number of hydrogen-bond donors (Lipinski definition) is 1. The molecule has 0 radical (unpaired) electrons. The Morgan fingerprint density at radius 3 is 2.89 bits per heavy atom. The SMILES string of the molecule is CCOC(=O)CCCNCc1cc(CC)nn1C. The second-order valence-electron chi connectivity index (χ2n) is 4.19. The van der Waals surface area contributed by atoms with Crippen molar-refractivity contribution in [1.82, 2.24) is 15.1 Å². The van der Waals surface area contributed by atoms with Crippen LogP contribution in [0.2, 0.25) is 0 Å². The molecule has 0 fully saturated rings. The number of nitrogens with zero attached hydrogens (tertiary/aromatic N) is 2. The Bertz CT molecular complexity index is 374. The van der Waals surface area contributed by atoms with Gasteiger partial charge in [0, 0.05) is 20.0 Å². The average molecular weight is 253 g/mol. The summed E-state index contributed by atoms with van der Waals surface area (Å²) < 4.78 is 6.76. The number of hydrogen-bond acceptors (Lipinski definition) is 4. The number of aryl methyl sites for hydroxylation is 2. The van der Waals surface area contributed by atoms with E-state index in [2.05, 4.69) is 23.4 Å². The molecule has 5 heteroatoms. The van der Waals surface area contributed by atoms with E-state index in [1.807, 2.05) is 18.7 Å². The van der Waals surface area contributed by atoms with Crippen LogP contribution in [0.4, 0.5) is 0 Å². The molecule has 1 heterocycles. The Morgan fingerprint density at radius 1 is 1.50 bits per heavy atom. The maximum absolute atomic E-state index is 11.1. The highest BCUT2D eigenvalue weighted by Gasteiger charge is 2.04. The molecule has 1 N–H and O–H groups in total. The van der Waals surface area contributed by atoms with Gasteiger partial charge >= 0.3 is 5.97 Å². The molecule has 0 aromatic carbocycles. The van der Waals surface area contributed by atoms with Gasteiger partial charge in [-0.3, -0.25) is 9.48 Å². The zero-order chi connectivity index (χ0) is 13.4. The minimum Gasteiger partial charge on any atom is -0.466 e. The van der Waals surface area contributed by atoms with E-state index in [0.29, 0.717) is 13.0 Å². The zero-order valence-corrected chi connectivity index (χ0v) is 11.5. The van der Waals surface area contributed by atoms with Gasteiger partial charge in [0.15, 0.2) is 0 Å². The van der Waals surface area contributed by atoms with Gasteiger partial charge in [-0.05, 0) is 32.4 Å². The van der Waals surface area contributed by atoms with Crippen LogP contribution in [0.1, 0.15) is 38.1 Å². The standard InChI is InChI=1S/C13H23N3O2/c1-4-11-9-12(16(3)15-11)10-14-8-6-7-13(17)18-5-2/h9,14H,4-8,10H2,1-3H3. The normalized spacial score (nSPS) is 10.6. The molecule has 1 aromatic heterocycles. The summed E-state index contributed by atoms with van der Waals surface area (Å²) >= 11 is 0. The van der Waals surface area contributed by atoms with Gasteiger partial charge in [-0.1, -0.05) is 6.92 Å². The number of esters is 1. The average Bonchev–Trinajstić information content (AvgIpc) is 2.70. The first-order valence-corrected chi connectivity index (χ1v) is 6.55. The van der Waals surface area contributed by atoms with Gasteiger partial charge < -0.3 is 10.1 Å². The lowest BCUT2D eigenvalue weighted by atomic mass is 10.3. The molecule has 0 aliphatic rings. The maximum Gasteiger partial charge on any atom is 0.305 e. The number of nitrogens with one attached hydrogen (secondary N) is 1. The lowest BCUT2D eigenvalue weighted by Crippen LogP contribution is -2.18. The molecule has 0 aliphatic heterocycles. The largest absolute Gasteiger partial charge is 0.466 e. The first-order chi connectivity index (χ1) is 8.67. The third-order valence-corrected chi connectivity index (χ3v) is 2.74. The maximum atomic E-state index is 11.1. The van der Waals surface area contributed by atoms with Gasteiger partial charge in [0.1, 0.15) is 0 Å². The number of carbonyl (C=O) groups is 1. The fraction of sp³-hybridized carbons (Fsp3) is 0.692. The van der Waals surface area contributed by atoms with Gasteiger partial charge in [0.2, 0.25) is 0 Å². The van der Waals surface area contributed by atoms with Crippen molar-refractivity contribution in [3.8, 4) is 0 Å². The zero-order valence-electron chi connectivity index (χ0n) is 11.5. The molecule has 0 spiro atoms. The summed E-state index contributed by atoms with van der Waals surface area (Å²) in [5, 5.41) is 7.69. The van der Waals surface area contributed by atoms with Crippen molar-refractivity contribution in [3.05, 3.63) is 17.5 Å². The summed E-state index contributed by atoms with van der Waals surface area (Å²) in [4.78, 5) is 11.1. The van der Waals surface area contributed by atoms with Crippen molar-refractivity contribution >= 4 is 5.97 Å². The minimum absolute atomic E-state index is 0.117. The van der Waals surface area contributed by atoms with Crippen LogP contribution >= 0.6 is 0 Å². The van der Waals surface area contributed by atoms with E-state index in [4.69, 9.17) is 4.74 Å². The molecule has 1 aromatic rings. The minimum atomic E-state index is -0.117. The molecule has 0 amide bonds. The topological polar surface area (TPSA) is 56.1 Å². The van der Waals surface area contributed by atoms with Crippen molar-refractivity contribution in [2.75, 3.05) is 13.2 Å². The second-order valence-corrected chi connectivity index (χ2v) is 4.19. The lowest BCUT2D eigenvalue weighted by Gasteiger charge is -2.05. The van der Waals surface area contributed by atoms with Gasteiger partial charge in [-0.2, -0.15) is 5.10 Å². The highest BCUT2D eigenvalue weighted by atomic mass is 16.5. The predicted octanol–water partition coefficient (Wildman–Crippen LogP) is 1.42. The van der Waals surface area contributed by atoms with Crippen molar-refractivity contribution in [2.45, 2.75) is 39.7 Å². The highest BCUT2D eigenvalue weighted by molar-refractivity contribution is 5.69. The summed E-state index contributed by atoms with van der Waals surface area (Å²) in [6.07, 6.45) is 2.24. The molecule has 0 aliphatic carbocycles. The monoisotopic (exact) mass is 253 g/mol. The second kappa shape index (κ2) is 7.87. The smallest absolute Gasteiger partial charge is 0.305 e. The van der Waals surface area contributed by atoms with E-state index in [0.717, 1.165) is 31.6 Å². The number of rotatable bonds is 8. The van der Waals surface area contributed by atoms with E-state index < -0.39 is 0 Å². The summed E-state index contributed by atoms with van der Waals surface area (Å²) in [7, 11) is 1.95. The van der Waals surface area contributed by atoms with E-state index in [-0.39, 0.29) is 5.97 Å². The summed E-state index contributed by atoms with van der Waals surface area (Å²) in [5.41, 5.74) is 2.28. The molecule has 102 valence electrons. The molecule has 1 rings (SSSR count). The quantitative estimate of drug-likeness (QED) is 0.562. The van der Waals surface area contributed by atoms with Crippen LogP contribution in [-0.4, -0.2) is 28.9 Å². The Hall–Kier alpha value is -1.36. The van der Waals surface area contributed by atoms with Crippen LogP contribution in [0.25, 0.3) is 0 Å². The summed E-state index contributed by atoms with van der Waals surface area (Å²) in [6, 6.07) is 2.11. The third kappa shape index (κ3) is 4.87. The van der Waals surface area contributed by atoms with Crippen LogP contribution in [0, 0.1) is 0 Å². The number of ether oxygens (including phenoxy) is 1. The van der Waals surface area contributed by atoms with Crippen molar-refractivity contribution in [1.29, 1.82) is 0 Å². The Kier molecular flexibility index (Phi) is 6.43. The first-order valence-electron chi connectivity index (χ1n) is 6.55. The number of carbonyl (C=O) groups excluding carboxylic acids is 1. The van der Waals surface area contributed by atoms with Crippen LogP contribution in [-0.2, 0) is 29.5 Å². The number of aromatic nitrogens is 2. The van der Waals surface area contributed by atoms with Crippen molar-refractivity contribution in [2.24, 2.45) is 7.05 Å². The van der Waals surface area contributed by atoms with E-state index in [1.165, 1.54) is 5.69 Å². The third-order valence-electron chi connectivity index (χ3n) is 2.74. The molecule has 0 unspecified atom stereocenters. The van der Waals surface area contributed by atoms with Crippen LogP contribution < -0.4 is 5.32 Å². The van der Waals surface area contributed by atoms with Crippen LogP contribution in [0.15, 0.2) is 6.07 Å².